The second-order valence-corrected chi connectivity index (χ2v) is 4.51. The maximum Gasteiger partial charge on any atom is 0.309 e. The lowest BCUT2D eigenvalue weighted by molar-refractivity contribution is -0.150. The zero-order valence-electron chi connectivity index (χ0n) is 9.90. The Morgan fingerprint density at radius 3 is 2.56 bits per heavy atom. The Balaban J connectivity index is 2.18. The average molecular weight is 218 g/mol. The molecule has 0 aromatic heterocycles. The van der Waals surface area contributed by atoms with Crippen LogP contribution in [-0.4, -0.2) is 12.6 Å². The molecule has 2 atom stereocenters. The minimum absolute atomic E-state index is 0.0369. The molecule has 86 valence electrons. The summed E-state index contributed by atoms with van der Waals surface area (Å²) in [6.07, 6.45) is 1.82. The fourth-order valence-corrected chi connectivity index (χ4v) is 2.45. The zero-order chi connectivity index (χ0) is 11.5. The SMILES string of the molecule is CCOC(=O)[C@@H]1Cc2ccccc2C[C@@H]1C. The molecule has 0 saturated carbocycles. The van der Waals surface area contributed by atoms with Crippen molar-refractivity contribution in [2.75, 3.05) is 6.61 Å². The summed E-state index contributed by atoms with van der Waals surface area (Å²) in [4.78, 5) is 11.8. The second kappa shape index (κ2) is 4.69. The molecule has 0 bridgehead atoms. The molecule has 0 unspecified atom stereocenters. The van der Waals surface area contributed by atoms with E-state index in [0.29, 0.717) is 12.5 Å². The van der Waals surface area contributed by atoms with Crippen LogP contribution in [0.4, 0.5) is 0 Å². The molecular weight excluding hydrogens is 200 g/mol. The highest BCUT2D eigenvalue weighted by atomic mass is 16.5. The normalized spacial score (nSPS) is 23.6. The van der Waals surface area contributed by atoms with Gasteiger partial charge in [0.1, 0.15) is 0 Å². The van der Waals surface area contributed by atoms with Gasteiger partial charge >= 0.3 is 5.97 Å². The van der Waals surface area contributed by atoms with E-state index in [1.807, 2.05) is 13.0 Å². The predicted octanol–water partition coefficient (Wildman–Crippen LogP) is 2.60. The highest BCUT2D eigenvalue weighted by Crippen LogP contribution is 2.30. The first-order valence-electron chi connectivity index (χ1n) is 5.95. The molecule has 0 spiro atoms. The number of benzene rings is 1. The van der Waals surface area contributed by atoms with E-state index in [1.165, 1.54) is 11.1 Å². The van der Waals surface area contributed by atoms with Gasteiger partial charge in [-0.1, -0.05) is 31.2 Å². The largest absolute Gasteiger partial charge is 0.466 e. The lowest BCUT2D eigenvalue weighted by Gasteiger charge is -2.28. The van der Waals surface area contributed by atoms with Gasteiger partial charge in [-0.25, -0.2) is 0 Å². The Hall–Kier alpha value is -1.31. The number of hydrogen-bond acceptors (Lipinski definition) is 2. The molecule has 2 nitrogen and oxygen atoms in total. The van der Waals surface area contributed by atoms with Gasteiger partial charge in [0.2, 0.25) is 0 Å². The predicted molar refractivity (Wildman–Crippen MR) is 63.1 cm³/mol. The summed E-state index contributed by atoms with van der Waals surface area (Å²) in [7, 11) is 0. The van der Waals surface area contributed by atoms with Crippen molar-refractivity contribution in [2.24, 2.45) is 11.8 Å². The van der Waals surface area contributed by atoms with Crippen molar-refractivity contribution in [3.05, 3.63) is 35.4 Å². The van der Waals surface area contributed by atoms with Crippen molar-refractivity contribution in [3.63, 3.8) is 0 Å². The van der Waals surface area contributed by atoms with Crippen molar-refractivity contribution in [2.45, 2.75) is 26.7 Å². The van der Waals surface area contributed by atoms with E-state index >= 15 is 0 Å². The molecule has 0 fully saturated rings. The summed E-state index contributed by atoms with van der Waals surface area (Å²) in [5.74, 6) is 0.383. The molecule has 0 aliphatic heterocycles. The van der Waals surface area contributed by atoms with Crippen LogP contribution in [0.2, 0.25) is 0 Å². The third kappa shape index (κ3) is 2.11. The Kier molecular flexibility index (Phi) is 3.28. The first-order chi connectivity index (χ1) is 7.72. The third-order valence-electron chi connectivity index (χ3n) is 3.38. The molecule has 2 rings (SSSR count). The summed E-state index contributed by atoms with van der Waals surface area (Å²) in [6, 6.07) is 8.38. The van der Waals surface area contributed by atoms with E-state index in [0.717, 1.165) is 12.8 Å². The number of rotatable bonds is 2. The van der Waals surface area contributed by atoms with E-state index in [9.17, 15) is 4.79 Å². The molecule has 0 radical (unpaired) electrons. The molecule has 2 heteroatoms. The summed E-state index contributed by atoms with van der Waals surface area (Å²) < 4.78 is 5.13. The van der Waals surface area contributed by atoms with Crippen LogP contribution in [-0.2, 0) is 22.4 Å². The standard InChI is InChI=1S/C14H18O2/c1-3-16-14(15)13-9-12-7-5-4-6-11(12)8-10(13)2/h4-7,10,13H,3,8-9H2,1-2H3/t10-,13+/m0/s1. The van der Waals surface area contributed by atoms with Gasteiger partial charge < -0.3 is 4.74 Å². The van der Waals surface area contributed by atoms with Crippen LogP contribution in [0.25, 0.3) is 0 Å². The van der Waals surface area contributed by atoms with Crippen LogP contribution < -0.4 is 0 Å². The Labute approximate surface area is 96.6 Å². The third-order valence-corrected chi connectivity index (χ3v) is 3.38. The van der Waals surface area contributed by atoms with E-state index in [-0.39, 0.29) is 11.9 Å². The molecule has 0 heterocycles. The lowest BCUT2D eigenvalue weighted by atomic mass is 9.77. The van der Waals surface area contributed by atoms with Crippen molar-refractivity contribution in [3.8, 4) is 0 Å². The first kappa shape index (κ1) is 11.2. The van der Waals surface area contributed by atoms with Crippen LogP contribution in [0.15, 0.2) is 24.3 Å². The monoisotopic (exact) mass is 218 g/mol. The topological polar surface area (TPSA) is 26.3 Å². The molecule has 0 amide bonds. The lowest BCUT2D eigenvalue weighted by Crippen LogP contribution is -2.31. The van der Waals surface area contributed by atoms with Crippen molar-refractivity contribution >= 4 is 5.97 Å². The second-order valence-electron chi connectivity index (χ2n) is 4.51. The summed E-state index contributed by atoms with van der Waals surface area (Å²) in [5.41, 5.74) is 2.69. The molecule has 1 aromatic carbocycles. The van der Waals surface area contributed by atoms with Crippen LogP contribution in [0.3, 0.4) is 0 Å². The van der Waals surface area contributed by atoms with Crippen LogP contribution in [0.5, 0.6) is 0 Å². The van der Waals surface area contributed by atoms with Gasteiger partial charge in [-0.05, 0) is 36.8 Å². The Bertz CT molecular complexity index is 384. The Morgan fingerprint density at radius 1 is 1.31 bits per heavy atom. The van der Waals surface area contributed by atoms with Gasteiger partial charge in [-0.15, -0.1) is 0 Å². The van der Waals surface area contributed by atoms with E-state index in [1.54, 1.807) is 0 Å². The summed E-state index contributed by atoms with van der Waals surface area (Å²) in [5, 5.41) is 0. The smallest absolute Gasteiger partial charge is 0.309 e. The summed E-state index contributed by atoms with van der Waals surface area (Å²) >= 11 is 0. The summed E-state index contributed by atoms with van der Waals surface area (Å²) in [6.45, 7) is 4.47. The van der Waals surface area contributed by atoms with Gasteiger partial charge in [0, 0.05) is 0 Å². The van der Waals surface area contributed by atoms with E-state index in [2.05, 4.69) is 25.1 Å². The van der Waals surface area contributed by atoms with Crippen LogP contribution >= 0.6 is 0 Å². The van der Waals surface area contributed by atoms with Gasteiger partial charge in [0.25, 0.3) is 0 Å². The number of carbonyl (C=O) groups excluding carboxylic acids is 1. The van der Waals surface area contributed by atoms with E-state index in [4.69, 9.17) is 4.74 Å². The van der Waals surface area contributed by atoms with Crippen LogP contribution in [0.1, 0.15) is 25.0 Å². The molecule has 1 aliphatic carbocycles. The Morgan fingerprint density at radius 2 is 1.94 bits per heavy atom. The number of esters is 1. The van der Waals surface area contributed by atoms with Crippen molar-refractivity contribution in [1.82, 2.24) is 0 Å². The fourth-order valence-electron chi connectivity index (χ4n) is 2.45. The van der Waals surface area contributed by atoms with Gasteiger partial charge in [-0.2, -0.15) is 0 Å². The number of hydrogen-bond donors (Lipinski definition) is 0. The molecule has 1 aromatic rings. The van der Waals surface area contributed by atoms with Gasteiger partial charge in [0.05, 0.1) is 12.5 Å². The first-order valence-corrected chi connectivity index (χ1v) is 5.95. The van der Waals surface area contributed by atoms with Crippen LogP contribution in [0, 0.1) is 11.8 Å². The van der Waals surface area contributed by atoms with E-state index < -0.39 is 0 Å². The highest BCUT2D eigenvalue weighted by Gasteiger charge is 2.31. The van der Waals surface area contributed by atoms with Gasteiger partial charge in [-0.3, -0.25) is 4.79 Å². The molecule has 0 saturated heterocycles. The van der Waals surface area contributed by atoms with Crippen molar-refractivity contribution < 1.29 is 9.53 Å². The molecule has 0 N–H and O–H groups in total. The molecule has 1 aliphatic rings. The zero-order valence-corrected chi connectivity index (χ0v) is 9.90. The van der Waals surface area contributed by atoms with Gasteiger partial charge in [0.15, 0.2) is 0 Å². The fraction of sp³-hybridized carbons (Fsp3) is 0.500. The maximum atomic E-state index is 11.8. The minimum atomic E-state index is -0.0375. The molecular formula is C14H18O2. The minimum Gasteiger partial charge on any atom is -0.466 e. The number of fused-ring (bicyclic) bond motifs is 1. The average Bonchev–Trinajstić information content (AvgIpc) is 2.28. The number of carbonyl (C=O) groups is 1. The quantitative estimate of drug-likeness (QED) is 0.713. The van der Waals surface area contributed by atoms with Crippen molar-refractivity contribution in [1.29, 1.82) is 0 Å². The number of ether oxygens (including phenoxy) is 1. The highest BCUT2D eigenvalue weighted by molar-refractivity contribution is 5.73. The maximum absolute atomic E-state index is 11.8. The molecule has 16 heavy (non-hydrogen) atoms.